The first kappa shape index (κ1) is 8.10. The Bertz CT molecular complexity index is 490. The lowest BCUT2D eigenvalue weighted by Crippen LogP contribution is -2.48. The van der Waals surface area contributed by atoms with Gasteiger partial charge in [-0.3, -0.25) is 14.8 Å². The van der Waals surface area contributed by atoms with Crippen molar-refractivity contribution in [3.63, 3.8) is 0 Å². The molecule has 0 saturated heterocycles. The minimum atomic E-state index is -0.215. The van der Waals surface area contributed by atoms with Crippen LogP contribution in [0.15, 0.2) is 21.1 Å². The molecule has 5 nitrogen and oxygen atoms in total. The Labute approximate surface area is 74.3 Å². The van der Waals surface area contributed by atoms with Crippen LogP contribution in [0, 0.1) is 0 Å². The number of aromatic nitrogens is 2. The maximum Gasteiger partial charge on any atom is 0.278 e. The van der Waals surface area contributed by atoms with Gasteiger partial charge in [-0.15, -0.1) is 0 Å². The van der Waals surface area contributed by atoms with Crippen LogP contribution in [-0.2, 0) is 0 Å². The van der Waals surface area contributed by atoms with Crippen molar-refractivity contribution in [2.45, 2.75) is 25.9 Å². The summed E-state index contributed by atoms with van der Waals surface area (Å²) >= 11 is 0. The van der Waals surface area contributed by atoms with Crippen molar-refractivity contribution < 1.29 is 0 Å². The molecule has 13 heavy (non-hydrogen) atoms. The van der Waals surface area contributed by atoms with Gasteiger partial charge in [-0.1, -0.05) is 0 Å². The fraction of sp³-hybridized carbons (Fsp3) is 0.500. The highest BCUT2D eigenvalue weighted by atomic mass is 16.1. The molecule has 1 aliphatic rings. The van der Waals surface area contributed by atoms with Crippen LogP contribution in [0.3, 0.4) is 0 Å². The van der Waals surface area contributed by atoms with E-state index in [-0.39, 0.29) is 17.6 Å². The third-order valence-electron chi connectivity index (χ3n) is 2.17. The summed E-state index contributed by atoms with van der Waals surface area (Å²) < 4.78 is 0. The van der Waals surface area contributed by atoms with Crippen LogP contribution in [0.4, 0.5) is 0 Å². The summed E-state index contributed by atoms with van der Waals surface area (Å²) in [4.78, 5) is 26.2. The molecule has 0 spiro atoms. The molecule has 0 fully saturated rings. The minimum absolute atomic E-state index is 0.0535. The van der Waals surface area contributed by atoms with E-state index in [2.05, 4.69) is 20.0 Å². The fourth-order valence-electron chi connectivity index (χ4n) is 1.21. The Balaban J connectivity index is 2.85. The van der Waals surface area contributed by atoms with Gasteiger partial charge in [0.05, 0.1) is 18.4 Å². The lowest BCUT2D eigenvalue weighted by atomic mass is 10.2. The molecule has 1 N–H and O–H groups in total. The summed E-state index contributed by atoms with van der Waals surface area (Å²) in [6, 6.07) is 0.152. The SMILES string of the molecule is CC1N=c2nc[nH]c(=O)c2=NC1C. The highest BCUT2D eigenvalue weighted by Crippen LogP contribution is 2.00. The quantitative estimate of drug-likeness (QED) is 0.542. The molecule has 0 saturated carbocycles. The predicted octanol–water partition coefficient (Wildman–Crippen LogP) is -1.20. The second-order valence-corrected chi connectivity index (χ2v) is 3.14. The average molecular weight is 178 g/mol. The first-order chi connectivity index (χ1) is 6.18. The normalized spacial score (nSPS) is 25.7. The molecule has 0 aliphatic carbocycles. The molecule has 2 unspecified atom stereocenters. The molecule has 0 bridgehead atoms. The number of hydrogen-bond acceptors (Lipinski definition) is 4. The highest BCUT2D eigenvalue weighted by molar-refractivity contribution is 4.90. The van der Waals surface area contributed by atoms with Crippen molar-refractivity contribution in [2.75, 3.05) is 0 Å². The van der Waals surface area contributed by atoms with Crippen molar-refractivity contribution in [3.8, 4) is 0 Å². The van der Waals surface area contributed by atoms with Gasteiger partial charge < -0.3 is 4.98 Å². The zero-order valence-corrected chi connectivity index (χ0v) is 7.48. The minimum Gasteiger partial charge on any atom is -0.311 e. The van der Waals surface area contributed by atoms with Crippen molar-refractivity contribution in [1.29, 1.82) is 0 Å². The third-order valence-corrected chi connectivity index (χ3v) is 2.17. The van der Waals surface area contributed by atoms with Gasteiger partial charge in [0.15, 0.2) is 10.8 Å². The Morgan fingerprint density at radius 3 is 2.77 bits per heavy atom. The maximum absolute atomic E-state index is 11.3. The number of rotatable bonds is 0. The van der Waals surface area contributed by atoms with Gasteiger partial charge in [-0.25, -0.2) is 4.98 Å². The fourth-order valence-corrected chi connectivity index (χ4v) is 1.21. The van der Waals surface area contributed by atoms with Crippen molar-refractivity contribution in [3.05, 3.63) is 27.5 Å². The zero-order valence-electron chi connectivity index (χ0n) is 7.48. The molecule has 2 heterocycles. The summed E-state index contributed by atoms with van der Waals surface area (Å²) in [5.74, 6) is 0. The number of nitrogens with zero attached hydrogens (tertiary/aromatic N) is 3. The Hall–Kier alpha value is -1.52. The largest absolute Gasteiger partial charge is 0.311 e. The van der Waals surface area contributed by atoms with Gasteiger partial charge in [0, 0.05) is 0 Å². The molecule has 0 amide bonds. The molecule has 0 radical (unpaired) electrons. The highest BCUT2D eigenvalue weighted by Gasteiger charge is 2.14. The van der Waals surface area contributed by atoms with E-state index in [9.17, 15) is 4.79 Å². The summed E-state index contributed by atoms with van der Waals surface area (Å²) in [5.41, 5.74) is 0.238. The maximum atomic E-state index is 11.3. The Morgan fingerprint density at radius 2 is 2.00 bits per heavy atom. The molecule has 1 aliphatic heterocycles. The number of hydrogen-bond donors (Lipinski definition) is 1. The van der Waals surface area contributed by atoms with Gasteiger partial charge in [-0.05, 0) is 13.8 Å². The summed E-state index contributed by atoms with van der Waals surface area (Å²) in [6.45, 7) is 3.89. The van der Waals surface area contributed by atoms with Crippen LogP contribution in [-0.4, -0.2) is 22.1 Å². The lowest BCUT2D eigenvalue weighted by Gasteiger charge is -2.13. The number of aromatic amines is 1. The van der Waals surface area contributed by atoms with E-state index in [0.29, 0.717) is 10.8 Å². The Morgan fingerprint density at radius 1 is 1.31 bits per heavy atom. The number of fused-ring (bicyclic) bond motifs is 1. The van der Waals surface area contributed by atoms with Gasteiger partial charge in [0.25, 0.3) is 5.56 Å². The van der Waals surface area contributed by atoms with Gasteiger partial charge in [0.2, 0.25) is 0 Å². The van der Waals surface area contributed by atoms with E-state index in [4.69, 9.17) is 0 Å². The van der Waals surface area contributed by atoms with Gasteiger partial charge in [-0.2, -0.15) is 0 Å². The monoisotopic (exact) mass is 178 g/mol. The summed E-state index contributed by atoms with van der Waals surface area (Å²) in [6.07, 6.45) is 1.35. The molecular weight excluding hydrogens is 168 g/mol. The molecule has 1 aromatic rings. The molecular formula is C8H10N4O. The average Bonchev–Trinajstić information content (AvgIpc) is 2.09. The summed E-state index contributed by atoms with van der Waals surface area (Å²) in [5, 5.41) is 0.355. The smallest absolute Gasteiger partial charge is 0.278 e. The van der Waals surface area contributed by atoms with Crippen LogP contribution in [0.25, 0.3) is 0 Å². The third kappa shape index (κ3) is 1.26. The molecule has 5 heteroatoms. The molecule has 2 atom stereocenters. The van der Waals surface area contributed by atoms with E-state index in [0.717, 1.165) is 0 Å². The van der Waals surface area contributed by atoms with Crippen LogP contribution < -0.4 is 16.4 Å². The van der Waals surface area contributed by atoms with Crippen molar-refractivity contribution in [1.82, 2.24) is 9.97 Å². The first-order valence-electron chi connectivity index (χ1n) is 4.18. The van der Waals surface area contributed by atoms with E-state index >= 15 is 0 Å². The number of H-pyrrole nitrogens is 1. The molecule has 1 aromatic heterocycles. The van der Waals surface area contributed by atoms with E-state index in [1.165, 1.54) is 6.33 Å². The molecule has 0 aromatic carbocycles. The number of nitrogens with one attached hydrogen (secondary N) is 1. The van der Waals surface area contributed by atoms with Crippen LogP contribution in [0.1, 0.15) is 13.8 Å². The van der Waals surface area contributed by atoms with Crippen molar-refractivity contribution in [2.24, 2.45) is 9.98 Å². The van der Waals surface area contributed by atoms with E-state index < -0.39 is 0 Å². The Kier molecular flexibility index (Phi) is 1.72. The lowest BCUT2D eigenvalue weighted by molar-refractivity contribution is 0.552. The van der Waals surface area contributed by atoms with Crippen LogP contribution >= 0.6 is 0 Å². The predicted molar refractivity (Wildman–Crippen MR) is 46.1 cm³/mol. The summed E-state index contributed by atoms with van der Waals surface area (Å²) in [7, 11) is 0. The van der Waals surface area contributed by atoms with Crippen molar-refractivity contribution >= 4 is 0 Å². The second-order valence-electron chi connectivity index (χ2n) is 3.14. The molecule has 68 valence electrons. The molecule has 2 rings (SSSR count). The van der Waals surface area contributed by atoms with Gasteiger partial charge in [0.1, 0.15) is 0 Å². The zero-order chi connectivity index (χ0) is 9.42. The van der Waals surface area contributed by atoms with Gasteiger partial charge >= 0.3 is 0 Å². The van der Waals surface area contributed by atoms with E-state index in [1.807, 2.05) is 13.8 Å². The first-order valence-corrected chi connectivity index (χ1v) is 4.18. The standard InChI is InChI=1S/C8H10N4O/c1-4-5(2)12-7-6(11-4)8(13)10-3-9-7/h3-5H,1-2H3,(H,9,10,12,13). The van der Waals surface area contributed by atoms with Crippen LogP contribution in [0.5, 0.6) is 0 Å². The topological polar surface area (TPSA) is 70.5 Å². The second kappa shape index (κ2) is 2.76. The van der Waals surface area contributed by atoms with E-state index in [1.54, 1.807) is 0 Å². The van der Waals surface area contributed by atoms with Crippen LogP contribution in [0.2, 0.25) is 0 Å².